The van der Waals surface area contributed by atoms with Gasteiger partial charge in [-0.05, 0) is 99.2 Å². The zero-order valence-electron chi connectivity index (χ0n) is 19.7. The number of hydrogen-bond donors (Lipinski definition) is 1. The van der Waals surface area contributed by atoms with Gasteiger partial charge in [-0.15, -0.1) is 0 Å². The molecule has 1 N–H and O–H groups in total. The number of ether oxygens (including phenoxy) is 1. The zero-order valence-corrected chi connectivity index (χ0v) is 21.3. The first-order valence-electron chi connectivity index (χ1n) is 11.5. The summed E-state index contributed by atoms with van der Waals surface area (Å²) < 4.78 is 12.3. The lowest BCUT2D eigenvalue weighted by Crippen LogP contribution is -2.29. The Morgan fingerprint density at radius 1 is 1.06 bits per heavy atom. The molecule has 2 aromatic heterocycles. The molecule has 5 rings (SSSR count). The van der Waals surface area contributed by atoms with Gasteiger partial charge in [0.1, 0.15) is 23.3 Å². The smallest absolute Gasteiger partial charge is 0.174 e. The number of nitrogens with one attached hydrogen (secondary N) is 1. The highest BCUT2D eigenvalue weighted by Crippen LogP contribution is 2.43. The van der Waals surface area contributed by atoms with Crippen LogP contribution in [0.1, 0.15) is 42.9 Å². The van der Waals surface area contributed by atoms with E-state index in [1.54, 1.807) is 6.20 Å². The van der Waals surface area contributed by atoms with Crippen LogP contribution in [0.2, 0.25) is 5.02 Å². The van der Waals surface area contributed by atoms with Crippen LogP contribution in [0.15, 0.2) is 83.4 Å². The van der Waals surface area contributed by atoms with Crippen molar-refractivity contribution in [2.45, 2.75) is 39.0 Å². The quantitative estimate of drug-likeness (QED) is 0.279. The van der Waals surface area contributed by atoms with Crippen molar-refractivity contribution < 1.29 is 9.15 Å². The van der Waals surface area contributed by atoms with Gasteiger partial charge in [-0.1, -0.05) is 23.7 Å². The molecule has 1 aliphatic heterocycles. The van der Waals surface area contributed by atoms with Gasteiger partial charge < -0.3 is 19.4 Å². The van der Waals surface area contributed by atoms with Crippen molar-refractivity contribution in [3.63, 3.8) is 0 Å². The molecule has 4 aromatic rings. The molecule has 0 unspecified atom stereocenters. The van der Waals surface area contributed by atoms with E-state index in [1.807, 2.05) is 93.6 Å². The summed E-state index contributed by atoms with van der Waals surface area (Å²) in [5.74, 6) is 2.36. The third-order valence-corrected chi connectivity index (χ3v) is 6.52. The molecule has 2 atom stereocenters. The Hall–Kier alpha value is -3.35. The maximum Gasteiger partial charge on any atom is 0.174 e. The summed E-state index contributed by atoms with van der Waals surface area (Å²) in [5, 5.41) is 4.75. The molecule has 0 saturated carbocycles. The van der Waals surface area contributed by atoms with Crippen LogP contribution in [0.25, 0.3) is 11.3 Å². The van der Waals surface area contributed by atoms with Gasteiger partial charge in [-0.2, -0.15) is 0 Å². The van der Waals surface area contributed by atoms with E-state index in [4.69, 9.17) is 33.0 Å². The summed E-state index contributed by atoms with van der Waals surface area (Å²) in [5.41, 5.74) is 3.89. The highest BCUT2D eigenvalue weighted by molar-refractivity contribution is 7.80. The average molecular weight is 504 g/mol. The van der Waals surface area contributed by atoms with E-state index in [0.717, 1.165) is 39.8 Å². The van der Waals surface area contributed by atoms with Gasteiger partial charge in [-0.25, -0.2) is 0 Å². The molecule has 0 spiro atoms. The van der Waals surface area contributed by atoms with Crippen LogP contribution in [0, 0.1) is 6.92 Å². The number of rotatable bonds is 6. The average Bonchev–Trinajstić information content (AvgIpc) is 3.46. The van der Waals surface area contributed by atoms with Crippen LogP contribution < -0.4 is 15.0 Å². The summed E-state index contributed by atoms with van der Waals surface area (Å²) in [6, 6.07) is 23.2. The maximum absolute atomic E-state index is 6.47. The van der Waals surface area contributed by atoms with Crippen LogP contribution in [-0.2, 0) is 0 Å². The van der Waals surface area contributed by atoms with Gasteiger partial charge in [0.25, 0.3) is 0 Å². The first-order valence-corrected chi connectivity index (χ1v) is 12.3. The molecule has 1 aliphatic rings. The second-order valence-electron chi connectivity index (χ2n) is 8.82. The minimum atomic E-state index is -0.234. The Morgan fingerprint density at radius 2 is 1.86 bits per heavy atom. The lowest BCUT2D eigenvalue weighted by atomic mass is 10.0. The number of nitrogens with zero attached hydrogens (tertiary/aromatic N) is 2. The van der Waals surface area contributed by atoms with E-state index in [-0.39, 0.29) is 18.2 Å². The van der Waals surface area contributed by atoms with Crippen LogP contribution in [-0.4, -0.2) is 16.2 Å². The molecule has 35 heavy (non-hydrogen) atoms. The number of anilines is 1. The molecule has 0 amide bonds. The molecular weight excluding hydrogens is 478 g/mol. The number of furan rings is 1. The van der Waals surface area contributed by atoms with Crippen molar-refractivity contribution in [2.75, 3.05) is 4.90 Å². The third-order valence-electron chi connectivity index (χ3n) is 5.97. The van der Waals surface area contributed by atoms with Gasteiger partial charge in [0.15, 0.2) is 5.11 Å². The van der Waals surface area contributed by atoms with Crippen molar-refractivity contribution in [1.82, 2.24) is 10.3 Å². The minimum Gasteiger partial charge on any atom is -0.491 e. The topological polar surface area (TPSA) is 50.5 Å². The fourth-order valence-corrected chi connectivity index (χ4v) is 4.91. The molecule has 0 bridgehead atoms. The molecule has 1 fully saturated rings. The molecule has 2 aromatic carbocycles. The highest BCUT2D eigenvalue weighted by Gasteiger charge is 2.42. The summed E-state index contributed by atoms with van der Waals surface area (Å²) in [6.07, 6.45) is 1.90. The number of halogens is 1. The van der Waals surface area contributed by atoms with Gasteiger partial charge >= 0.3 is 0 Å². The van der Waals surface area contributed by atoms with Crippen LogP contribution in [0.3, 0.4) is 0 Å². The SMILES string of the molecule is Cc1ccc(Cl)cc1-c1ccc([C@H]2[C@H](c3ccccn3)NC(=S)N2c2ccc(OC(C)C)cc2)o1. The number of aromatic nitrogens is 1. The van der Waals surface area contributed by atoms with Gasteiger partial charge in [0, 0.05) is 22.5 Å². The summed E-state index contributed by atoms with van der Waals surface area (Å²) >= 11 is 12.1. The van der Waals surface area contributed by atoms with Crippen molar-refractivity contribution in [3.05, 3.63) is 101 Å². The number of hydrogen-bond acceptors (Lipinski definition) is 4. The molecule has 3 heterocycles. The third kappa shape index (κ3) is 4.77. The van der Waals surface area contributed by atoms with Crippen molar-refractivity contribution in [3.8, 4) is 17.1 Å². The van der Waals surface area contributed by atoms with Crippen molar-refractivity contribution in [1.29, 1.82) is 0 Å². The van der Waals surface area contributed by atoms with Gasteiger partial charge in [0.05, 0.1) is 17.8 Å². The monoisotopic (exact) mass is 503 g/mol. The molecule has 178 valence electrons. The van der Waals surface area contributed by atoms with Crippen LogP contribution in [0.5, 0.6) is 5.75 Å². The Balaban J connectivity index is 1.56. The predicted octanol–water partition coefficient (Wildman–Crippen LogP) is 7.27. The molecule has 1 saturated heterocycles. The van der Waals surface area contributed by atoms with Crippen LogP contribution >= 0.6 is 23.8 Å². The minimum absolute atomic E-state index is 0.105. The molecular formula is C28H26ClN3O2S. The van der Waals surface area contributed by atoms with Crippen molar-refractivity contribution in [2.24, 2.45) is 0 Å². The Morgan fingerprint density at radius 3 is 2.57 bits per heavy atom. The normalized spacial score (nSPS) is 17.6. The molecule has 0 radical (unpaired) electrons. The van der Waals surface area contributed by atoms with Crippen LogP contribution in [0.4, 0.5) is 5.69 Å². The lowest BCUT2D eigenvalue weighted by Gasteiger charge is -2.26. The van der Waals surface area contributed by atoms with E-state index in [2.05, 4.69) is 15.2 Å². The Labute approximate surface area is 215 Å². The fraction of sp³-hybridized carbons (Fsp3) is 0.214. The summed E-state index contributed by atoms with van der Waals surface area (Å²) in [7, 11) is 0. The van der Waals surface area contributed by atoms with E-state index < -0.39 is 0 Å². The number of aryl methyl sites for hydroxylation is 1. The first-order chi connectivity index (χ1) is 16.9. The molecule has 0 aliphatic carbocycles. The standard InChI is InChI=1S/C28H26ClN3O2S/c1-17(2)33-21-11-9-20(10-12-21)32-27(26(31-28(32)35)23-6-4-5-15-30-23)25-14-13-24(34-25)22-16-19(29)8-7-18(22)3/h4-17,26-27H,1-3H3,(H,31,35)/t26-,27-/m0/s1. The van der Waals surface area contributed by atoms with E-state index in [1.165, 1.54) is 0 Å². The Kier molecular flexibility index (Phi) is 6.50. The van der Waals surface area contributed by atoms with Gasteiger partial charge in [-0.3, -0.25) is 4.98 Å². The Bertz CT molecular complexity index is 1340. The van der Waals surface area contributed by atoms with Gasteiger partial charge in [0.2, 0.25) is 0 Å². The predicted molar refractivity (Wildman–Crippen MR) is 144 cm³/mol. The summed E-state index contributed by atoms with van der Waals surface area (Å²) in [4.78, 5) is 6.69. The first kappa shape index (κ1) is 23.4. The molecule has 5 nitrogen and oxygen atoms in total. The van der Waals surface area contributed by atoms with E-state index in [0.29, 0.717) is 10.1 Å². The zero-order chi connectivity index (χ0) is 24.5. The summed E-state index contributed by atoms with van der Waals surface area (Å²) in [6.45, 7) is 6.07. The number of benzene rings is 2. The maximum atomic E-state index is 6.47. The lowest BCUT2D eigenvalue weighted by molar-refractivity contribution is 0.242. The second kappa shape index (κ2) is 9.72. The second-order valence-corrected chi connectivity index (χ2v) is 9.64. The fourth-order valence-electron chi connectivity index (χ4n) is 4.40. The van der Waals surface area contributed by atoms with E-state index in [9.17, 15) is 0 Å². The van der Waals surface area contributed by atoms with Crippen molar-refractivity contribution >= 4 is 34.6 Å². The number of pyridine rings is 1. The molecule has 7 heteroatoms. The van der Waals surface area contributed by atoms with E-state index >= 15 is 0 Å². The highest BCUT2D eigenvalue weighted by atomic mass is 35.5. The largest absolute Gasteiger partial charge is 0.491 e. The number of thiocarbonyl (C=S) groups is 1.